The molecule has 0 saturated heterocycles. The third-order valence-corrected chi connectivity index (χ3v) is 2.96. The van der Waals surface area contributed by atoms with Gasteiger partial charge in [-0.1, -0.05) is 48.5 Å². The van der Waals surface area contributed by atoms with Gasteiger partial charge in [-0.3, -0.25) is 0 Å². The zero-order valence-electron chi connectivity index (χ0n) is 9.35. The Hall–Kier alpha value is -1.31. The Bertz CT molecular complexity index is 558. The molecular weight excluding hydrogens is 244 g/mol. The molecule has 0 heterocycles. The largest absolute Gasteiger partial charge is 0.512 e. The van der Waals surface area contributed by atoms with Gasteiger partial charge in [0.25, 0.3) is 0 Å². The molecule has 0 unspecified atom stereocenters. The summed E-state index contributed by atoms with van der Waals surface area (Å²) in [5.41, 5.74) is 4.76. The van der Waals surface area contributed by atoms with Crippen LogP contribution < -0.4 is 0 Å². The normalized spacial score (nSPS) is 12.6. The van der Waals surface area contributed by atoms with Crippen LogP contribution in [0.25, 0.3) is 17.2 Å². The molecule has 3 rings (SSSR count). The van der Waals surface area contributed by atoms with Crippen molar-refractivity contribution in [1.29, 1.82) is 0 Å². The molecule has 0 aliphatic heterocycles. The third kappa shape index (κ3) is 2.22. The number of allylic oxidation sites excluding steroid dienone is 1. The van der Waals surface area contributed by atoms with Gasteiger partial charge in [0.15, 0.2) is 0 Å². The first-order valence-corrected chi connectivity index (χ1v) is 5.41. The van der Waals surface area contributed by atoms with Crippen LogP contribution in [0.15, 0.2) is 54.3 Å². The average molecular weight is 256 g/mol. The SMILES string of the molecule is OC1=Cc2c(cccc2-c2ccccc2)C1.[Ti]. The van der Waals surface area contributed by atoms with Gasteiger partial charge in [0.1, 0.15) is 0 Å². The summed E-state index contributed by atoms with van der Waals surface area (Å²) in [7, 11) is 0. The van der Waals surface area contributed by atoms with E-state index in [1.165, 1.54) is 16.7 Å². The van der Waals surface area contributed by atoms with Gasteiger partial charge in [0.2, 0.25) is 0 Å². The van der Waals surface area contributed by atoms with E-state index in [2.05, 4.69) is 24.3 Å². The van der Waals surface area contributed by atoms with Gasteiger partial charge in [-0.25, -0.2) is 0 Å². The summed E-state index contributed by atoms with van der Waals surface area (Å²) in [6, 6.07) is 16.5. The zero-order chi connectivity index (χ0) is 11.0. The van der Waals surface area contributed by atoms with Crippen LogP contribution in [-0.4, -0.2) is 5.11 Å². The fourth-order valence-corrected chi connectivity index (χ4v) is 2.22. The van der Waals surface area contributed by atoms with Crippen molar-refractivity contribution >= 4 is 6.08 Å². The topological polar surface area (TPSA) is 20.2 Å². The predicted molar refractivity (Wildman–Crippen MR) is 66.2 cm³/mol. The molecule has 2 aromatic rings. The molecule has 0 bridgehead atoms. The number of rotatable bonds is 1. The van der Waals surface area contributed by atoms with Crippen LogP contribution in [0.5, 0.6) is 0 Å². The predicted octanol–water partition coefficient (Wildman–Crippen LogP) is 3.81. The third-order valence-electron chi connectivity index (χ3n) is 2.96. The summed E-state index contributed by atoms with van der Waals surface area (Å²) < 4.78 is 0. The molecule has 1 nitrogen and oxygen atoms in total. The van der Waals surface area contributed by atoms with Crippen molar-refractivity contribution < 1.29 is 26.8 Å². The summed E-state index contributed by atoms with van der Waals surface area (Å²) in [6.07, 6.45) is 2.54. The van der Waals surface area contributed by atoms with E-state index in [4.69, 9.17) is 0 Å². The van der Waals surface area contributed by atoms with E-state index in [-0.39, 0.29) is 21.7 Å². The van der Waals surface area contributed by atoms with Crippen LogP contribution in [-0.2, 0) is 28.1 Å². The minimum absolute atomic E-state index is 0. The van der Waals surface area contributed by atoms with E-state index in [9.17, 15) is 5.11 Å². The van der Waals surface area contributed by atoms with E-state index < -0.39 is 0 Å². The second kappa shape index (κ2) is 4.91. The Labute approximate surface area is 116 Å². The Kier molecular flexibility index (Phi) is 3.51. The van der Waals surface area contributed by atoms with Crippen molar-refractivity contribution in [3.63, 3.8) is 0 Å². The maximum absolute atomic E-state index is 9.58. The molecule has 0 fully saturated rings. The van der Waals surface area contributed by atoms with Gasteiger partial charge >= 0.3 is 0 Å². The average Bonchev–Trinajstić information content (AvgIpc) is 2.70. The van der Waals surface area contributed by atoms with Crippen molar-refractivity contribution in [3.8, 4) is 11.1 Å². The van der Waals surface area contributed by atoms with Crippen LogP contribution in [0.1, 0.15) is 11.1 Å². The molecule has 82 valence electrons. The fraction of sp³-hybridized carbons (Fsp3) is 0.0667. The number of hydrogen-bond acceptors (Lipinski definition) is 1. The Balaban J connectivity index is 0.00000108. The molecule has 17 heavy (non-hydrogen) atoms. The Morgan fingerprint density at radius 1 is 0.882 bits per heavy atom. The summed E-state index contributed by atoms with van der Waals surface area (Å²) in [6.45, 7) is 0. The van der Waals surface area contributed by atoms with E-state index in [0.29, 0.717) is 12.2 Å². The van der Waals surface area contributed by atoms with E-state index in [0.717, 1.165) is 5.56 Å². The standard InChI is InChI=1S/C15H12O.Ti/c16-13-9-12-7-4-8-14(15(12)10-13)11-5-2-1-3-6-11;/h1-8,10,16H,9H2;. The van der Waals surface area contributed by atoms with Crippen LogP contribution in [0.4, 0.5) is 0 Å². The molecule has 2 aromatic carbocycles. The molecular formula is C15H12OTi. The van der Waals surface area contributed by atoms with Crippen LogP contribution in [0.3, 0.4) is 0 Å². The first-order valence-electron chi connectivity index (χ1n) is 5.41. The Morgan fingerprint density at radius 3 is 2.41 bits per heavy atom. The molecule has 0 atom stereocenters. The molecule has 1 aliphatic rings. The summed E-state index contributed by atoms with van der Waals surface area (Å²) in [5.74, 6) is 0.457. The fourth-order valence-electron chi connectivity index (χ4n) is 2.22. The van der Waals surface area contributed by atoms with E-state index in [1.807, 2.05) is 30.3 Å². The van der Waals surface area contributed by atoms with Crippen LogP contribution in [0.2, 0.25) is 0 Å². The van der Waals surface area contributed by atoms with Crippen molar-refractivity contribution in [1.82, 2.24) is 0 Å². The van der Waals surface area contributed by atoms with Gasteiger partial charge in [0.05, 0.1) is 5.76 Å². The Morgan fingerprint density at radius 2 is 1.65 bits per heavy atom. The second-order valence-corrected chi connectivity index (χ2v) is 4.06. The second-order valence-electron chi connectivity index (χ2n) is 4.06. The minimum atomic E-state index is 0. The first kappa shape index (κ1) is 12.2. The molecule has 1 N–H and O–H groups in total. The molecule has 0 aromatic heterocycles. The van der Waals surface area contributed by atoms with E-state index in [1.54, 1.807) is 0 Å². The smallest absolute Gasteiger partial charge is 0.0972 e. The van der Waals surface area contributed by atoms with Crippen LogP contribution in [0, 0.1) is 0 Å². The molecule has 0 radical (unpaired) electrons. The quantitative estimate of drug-likeness (QED) is 0.769. The number of aliphatic hydroxyl groups is 1. The van der Waals surface area contributed by atoms with Crippen molar-refractivity contribution in [3.05, 3.63) is 65.4 Å². The van der Waals surface area contributed by atoms with E-state index >= 15 is 0 Å². The molecule has 1 aliphatic carbocycles. The number of hydrogen-bond donors (Lipinski definition) is 1. The van der Waals surface area contributed by atoms with Gasteiger partial charge in [-0.05, 0) is 28.3 Å². The van der Waals surface area contributed by atoms with Gasteiger partial charge < -0.3 is 5.11 Å². The first-order chi connectivity index (χ1) is 7.84. The summed E-state index contributed by atoms with van der Waals surface area (Å²) >= 11 is 0. The maximum atomic E-state index is 9.58. The molecule has 0 saturated carbocycles. The maximum Gasteiger partial charge on any atom is 0.0972 e. The minimum Gasteiger partial charge on any atom is -0.512 e. The van der Waals surface area contributed by atoms with Crippen LogP contribution >= 0.6 is 0 Å². The van der Waals surface area contributed by atoms with Gasteiger partial charge in [-0.15, -0.1) is 0 Å². The van der Waals surface area contributed by atoms with Crippen molar-refractivity contribution in [2.24, 2.45) is 0 Å². The number of aliphatic hydroxyl groups excluding tert-OH is 1. The summed E-state index contributed by atoms with van der Waals surface area (Å²) in [5, 5.41) is 9.58. The van der Waals surface area contributed by atoms with Crippen molar-refractivity contribution in [2.45, 2.75) is 6.42 Å². The molecule has 2 heteroatoms. The van der Waals surface area contributed by atoms with Crippen molar-refractivity contribution in [2.75, 3.05) is 0 Å². The number of fused-ring (bicyclic) bond motifs is 1. The number of benzene rings is 2. The zero-order valence-corrected chi connectivity index (χ0v) is 10.9. The monoisotopic (exact) mass is 256 g/mol. The van der Waals surface area contributed by atoms with Gasteiger partial charge in [0, 0.05) is 28.1 Å². The molecule has 0 spiro atoms. The molecule has 0 amide bonds. The summed E-state index contributed by atoms with van der Waals surface area (Å²) in [4.78, 5) is 0. The van der Waals surface area contributed by atoms with Gasteiger partial charge in [-0.2, -0.15) is 0 Å².